The van der Waals surface area contributed by atoms with Crippen molar-refractivity contribution in [1.29, 1.82) is 5.26 Å². The van der Waals surface area contributed by atoms with E-state index < -0.39 is 11.4 Å². The van der Waals surface area contributed by atoms with E-state index in [2.05, 4.69) is 0 Å². The third-order valence-corrected chi connectivity index (χ3v) is 1.65. The zero-order chi connectivity index (χ0) is 8.32. The van der Waals surface area contributed by atoms with Gasteiger partial charge in [-0.05, 0) is 6.42 Å². The fraction of sp³-hybridized carbons (Fsp3) is 0.250. The number of nitriles is 1. The van der Waals surface area contributed by atoms with Gasteiger partial charge in [-0.15, -0.1) is 0 Å². The van der Waals surface area contributed by atoms with Crippen molar-refractivity contribution >= 4 is 5.97 Å². The molecule has 3 nitrogen and oxygen atoms in total. The maximum absolute atomic E-state index is 10.6. The van der Waals surface area contributed by atoms with Crippen LogP contribution in [0.25, 0.3) is 0 Å². The molecule has 0 saturated heterocycles. The van der Waals surface area contributed by atoms with E-state index in [-0.39, 0.29) is 6.42 Å². The van der Waals surface area contributed by atoms with Crippen LogP contribution in [-0.4, -0.2) is 11.1 Å². The third-order valence-electron chi connectivity index (χ3n) is 1.65. The summed E-state index contributed by atoms with van der Waals surface area (Å²) in [7, 11) is 0. The first-order valence-electron chi connectivity index (χ1n) is 3.20. The number of carboxylic acids is 1. The first kappa shape index (κ1) is 7.55. The molecular formula is C8H7NO2. The van der Waals surface area contributed by atoms with Crippen LogP contribution in [-0.2, 0) is 4.79 Å². The summed E-state index contributed by atoms with van der Waals surface area (Å²) in [6.07, 6.45) is 6.67. The number of hydrogen-bond donors (Lipinski definition) is 1. The van der Waals surface area contributed by atoms with E-state index in [9.17, 15) is 4.79 Å². The van der Waals surface area contributed by atoms with Crippen LogP contribution in [0.5, 0.6) is 0 Å². The molecule has 1 N–H and O–H groups in total. The average molecular weight is 149 g/mol. The van der Waals surface area contributed by atoms with Gasteiger partial charge in [0, 0.05) is 0 Å². The Bertz CT molecular complexity index is 272. The molecule has 0 fully saturated rings. The summed E-state index contributed by atoms with van der Waals surface area (Å²) >= 11 is 0. The summed E-state index contributed by atoms with van der Waals surface area (Å²) in [4.78, 5) is 10.6. The Kier molecular flexibility index (Phi) is 1.77. The molecular weight excluding hydrogens is 142 g/mol. The second-order valence-corrected chi connectivity index (χ2v) is 2.38. The van der Waals surface area contributed by atoms with Crippen LogP contribution in [0.15, 0.2) is 24.3 Å². The van der Waals surface area contributed by atoms with Crippen LogP contribution in [0.4, 0.5) is 0 Å². The van der Waals surface area contributed by atoms with Gasteiger partial charge < -0.3 is 5.11 Å². The molecule has 0 amide bonds. The Morgan fingerprint density at radius 1 is 1.64 bits per heavy atom. The van der Waals surface area contributed by atoms with Gasteiger partial charge in [-0.25, -0.2) is 0 Å². The maximum atomic E-state index is 10.6. The highest BCUT2D eigenvalue weighted by Gasteiger charge is 2.35. The van der Waals surface area contributed by atoms with Crippen LogP contribution in [0.1, 0.15) is 6.42 Å². The molecule has 0 radical (unpaired) electrons. The predicted octanol–water partition coefficient (Wildman–Crippen LogP) is 1.10. The summed E-state index contributed by atoms with van der Waals surface area (Å²) in [6, 6.07) is 1.78. The Morgan fingerprint density at radius 2 is 2.36 bits per heavy atom. The highest BCUT2D eigenvalue weighted by molar-refractivity contribution is 5.81. The zero-order valence-electron chi connectivity index (χ0n) is 5.82. The minimum Gasteiger partial charge on any atom is -0.480 e. The lowest BCUT2D eigenvalue weighted by Gasteiger charge is -2.16. The van der Waals surface area contributed by atoms with Crippen LogP contribution in [0, 0.1) is 16.7 Å². The van der Waals surface area contributed by atoms with E-state index in [1.54, 1.807) is 24.3 Å². The Labute approximate surface area is 64.3 Å². The monoisotopic (exact) mass is 149 g/mol. The lowest BCUT2D eigenvalue weighted by molar-refractivity contribution is -0.143. The lowest BCUT2D eigenvalue weighted by Crippen LogP contribution is -2.27. The van der Waals surface area contributed by atoms with Crippen LogP contribution in [0.3, 0.4) is 0 Å². The lowest BCUT2D eigenvalue weighted by atomic mass is 9.83. The predicted molar refractivity (Wildman–Crippen MR) is 38.6 cm³/mol. The summed E-state index contributed by atoms with van der Waals surface area (Å²) in [6.45, 7) is 0. The van der Waals surface area contributed by atoms with E-state index in [0.29, 0.717) is 0 Å². The zero-order valence-corrected chi connectivity index (χ0v) is 5.82. The molecule has 0 aromatic carbocycles. The molecule has 0 heterocycles. The van der Waals surface area contributed by atoms with E-state index in [4.69, 9.17) is 10.4 Å². The van der Waals surface area contributed by atoms with Crippen molar-refractivity contribution in [3.8, 4) is 6.07 Å². The number of aliphatic carboxylic acids is 1. The minimum absolute atomic E-state index is 0.259. The number of nitrogens with zero attached hydrogens (tertiary/aromatic N) is 1. The van der Waals surface area contributed by atoms with Crippen LogP contribution in [0.2, 0.25) is 0 Å². The third kappa shape index (κ3) is 1.15. The Hall–Kier alpha value is -1.56. The standard InChI is InChI=1S/C8H7NO2/c9-6-8(7(10)11)4-2-1-3-5-8/h1-4H,5H2,(H,10,11). The van der Waals surface area contributed by atoms with Gasteiger partial charge >= 0.3 is 5.97 Å². The highest BCUT2D eigenvalue weighted by Crippen LogP contribution is 2.26. The van der Waals surface area contributed by atoms with Crippen LogP contribution >= 0.6 is 0 Å². The number of carboxylic acid groups (broad SMARTS) is 1. The molecule has 0 aliphatic heterocycles. The van der Waals surface area contributed by atoms with Gasteiger partial charge in [0.2, 0.25) is 0 Å². The van der Waals surface area contributed by atoms with Crippen molar-refractivity contribution < 1.29 is 9.90 Å². The van der Waals surface area contributed by atoms with Crippen molar-refractivity contribution in [2.75, 3.05) is 0 Å². The van der Waals surface area contributed by atoms with Crippen molar-refractivity contribution in [2.45, 2.75) is 6.42 Å². The molecule has 1 aliphatic carbocycles. The molecule has 0 aromatic heterocycles. The number of carbonyl (C=O) groups is 1. The number of rotatable bonds is 1. The molecule has 56 valence electrons. The topological polar surface area (TPSA) is 61.1 Å². The Balaban J connectivity index is 2.97. The van der Waals surface area contributed by atoms with E-state index in [1.165, 1.54) is 6.08 Å². The van der Waals surface area contributed by atoms with E-state index >= 15 is 0 Å². The number of hydrogen-bond acceptors (Lipinski definition) is 2. The van der Waals surface area contributed by atoms with Crippen molar-refractivity contribution in [1.82, 2.24) is 0 Å². The van der Waals surface area contributed by atoms with Crippen molar-refractivity contribution in [2.24, 2.45) is 5.41 Å². The van der Waals surface area contributed by atoms with Gasteiger partial charge in [0.1, 0.15) is 0 Å². The molecule has 1 rings (SSSR count). The minimum atomic E-state index is -1.32. The molecule has 0 spiro atoms. The molecule has 1 unspecified atom stereocenters. The summed E-state index contributed by atoms with van der Waals surface area (Å²) in [5, 5.41) is 17.3. The van der Waals surface area contributed by atoms with Gasteiger partial charge in [-0.1, -0.05) is 24.3 Å². The van der Waals surface area contributed by atoms with Gasteiger partial charge in [0.05, 0.1) is 6.07 Å². The quantitative estimate of drug-likeness (QED) is 0.607. The smallest absolute Gasteiger partial charge is 0.328 e. The summed E-state index contributed by atoms with van der Waals surface area (Å²) in [5.41, 5.74) is -1.32. The van der Waals surface area contributed by atoms with Gasteiger partial charge in [0.15, 0.2) is 5.41 Å². The summed E-state index contributed by atoms with van der Waals surface area (Å²) in [5.74, 6) is -1.08. The fourth-order valence-electron chi connectivity index (χ4n) is 0.910. The average Bonchev–Trinajstić information content (AvgIpc) is 2.05. The summed E-state index contributed by atoms with van der Waals surface area (Å²) < 4.78 is 0. The van der Waals surface area contributed by atoms with Crippen LogP contribution < -0.4 is 0 Å². The Morgan fingerprint density at radius 3 is 2.64 bits per heavy atom. The molecule has 1 atom stereocenters. The second kappa shape index (κ2) is 2.59. The number of allylic oxidation sites excluding steroid dienone is 3. The first-order valence-corrected chi connectivity index (χ1v) is 3.20. The maximum Gasteiger partial charge on any atom is 0.328 e. The molecule has 0 aromatic rings. The first-order chi connectivity index (χ1) is 5.21. The molecule has 0 bridgehead atoms. The fourth-order valence-corrected chi connectivity index (χ4v) is 0.910. The van der Waals surface area contributed by atoms with E-state index in [1.807, 2.05) is 0 Å². The van der Waals surface area contributed by atoms with Gasteiger partial charge in [0.25, 0.3) is 0 Å². The van der Waals surface area contributed by atoms with Crippen molar-refractivity contribution in [3.05, 3.63) is 24.3 Å². The largest absolute Gasteiger partial charge is 0.480 e. The molecule has 1 aliphatic rings. The normalized spacial score (nSPS) is 27.9. The molecule has 0 saturated carbocycles. The van der Waals surface area contributed by atoms with Gasteiger partial charge in [-0.3, -0.25) is 4.79 Å². The van der Waals surface area contributed by atoms with Crippen molar-refractivity contribution in [3.63, 3.8) is 0 Å². The highest BCUT2D eigenvalue weighted by atomic mass is 16.4. The van der Waals surface area contributed by atoms with E-state index in [0.717, 1.165) is 0 Å². The van der Waals surface area contributed by atoms with Gasteiger partial charge in [-0.2, -0.15) is 5.26 Å². The SMILES string of the molecule is N#CC1(C(=O)O)C=CC=CC1. The molecule has 3 heteroatoms. The molecule has 11 heavy (non-hydrogen) atoms. The second-order valence-electron chi connectivity index (χ2n) is 2.38.